The number of para-hydroxylation sites is 1. The van der Waals surface area contributed by atoms with Gasteiger partial charge in [0.25, 0.3) is 5.91 Å². The lowest BCUT2D eigenvalue weighted by molar-refractivity contribution is 0.0668. The summed E-state index contributed by atoms with van der Waals surface area (Å²) in [5.41, 5.74) is 3.19. The zero-order chi connectivity index (χ0) is 20.5. The minimum absolute atomic E-state index is 0.00598. The summed E-state index contributed by atoms with van der Waals surface area (Å²) in [6.07, 6.45) is 8.13. The minimum atomic E-state index is -0.00598. The third-order valence-corrected chi connectivity index (χ3v) is 5.75. The minimum Gasteiger partial charge on any atom is -0.337 e. The molecule has 1 saturated heterocycles. The second kappa shape index (κ2) is 7.70. The molecular weight excluding hydrogens is 378 g/mol. The van der Waals surface area contributed by atoms with E-state index in [4.69, 9.17) is 0 Å². The molecule has 1 unspecified atom stereocenters. The van der Waals surface area contributed by atoms with Crippen molar-refractivity contribution in [3.05, 3.63) is 60.4 Å². The molecule has 1 fully saturated rings. The van der Waals surface area contributed by atoms with Gasteiger partial charge >= 0.3 is 0 Å². The number of rotatable bonds is 4. The van der Waals surface area contributed by atoms with E-state index >= 15 is 0 Å². The molecule has 8 heteroatoms. The first kappa shape index (κ1) is 18.5. The summed E-state index contributed by atoms with van der Waals surface area (Å²) in [6.45, 7) is 1.47. The van der Waals surface area contributed by atoms with Crippen LogP contribution in [0.15, 0.2) is 49.1 Å². The number of likely N-dealkylation sites (tertiary alicyclic amines) is 1. The Labute approximate surface area is 174 Å². The van der Waals surface area contributed by atoms with Gasteiger partial charge in [-0.2, -0.15) is 5.10 Å². The van der Waals surface area contributed by atoms with Gasteiger partial charge in [0, 0.05) is 43.6 Å². The number of fused-ring (bicyclic) bond motifs is 1. The zero-order valence-corrected chi connectivity index (χ0v) is 16.8. The molecule has 1 N–H and O–H groups in total. The molecule has 1 aliphatic rings. The molecule has 30 heavy (non-hydrogen) atoms. The van der Waals surface area contributed by atoms with Gasteiger partial charge in [0.2, 0.25) is 0 Å². The molecule has 4 heterocycles. The number of nitrogens with one attached hydrogen (secondary N) is 1. The highest BCUT2D eigenvalue weighted by Gasteiger charge is 2.27. The van der Waals surface area contributed by atoms with Crippen LogP contribution in [-0.4, -0.2) is 53.6 Å². The highest BCUT2D eigenvalue weighted by molar-refractivity contribution is 6.04. The Morgan fingerprint density at radius 3 is 3.00 bits per heavy atom. The lowest BCUT2D eigenvalue weighted by atomic mass is 9.92. The Balaban J connectivity index is 1.31. The highest BCUT2D eigenvalue weighted by atomic mass is 16.2. The van der Waals surface area contributed by atoms with E-state index < -0.39 is 0 Å². The predicted octanol–water partition coefficient (Wildman–Crippen LogP) is 2.85. The Bertz CT molecular complexity index is 1190. The van der Waals surface area contributed by atoms with Crippen LogP contribution in [0, 0.1) is 5.92 Å². The number of hydrogen-bond acceptors (Lipinski definition) is 5. The van der Waals surface area contributed by atoms with Crippen LogP contribution in [0.3, 0.4) is 0 Å². The van der Waals surface area contributed by atoms with Crippen LogP contribution in [0.2, 0.25) is 0 Å². The van der Waals surface area contributed by atoms with Gasteiger partial charge in [0.1, 0.15) is 12.0 Å². The molecule has 1 amide bonds. The quantitative estimate of drug-likeness (QED) is 0.568. The maximum absolute atomic E-state index is 13.1. The zero-order valence-electron chi connectivity index (χ0n) is 16.8. The third kappa shape index (κ3) is 3.45. The van der Waals surface area contributed by atoms with Gasteiger partial charge < -0.3 is 9.47 Å². The van der Waals surface area contributed by atoms with Crippen molar-refractivity contribution in [1.82, 2.24) is 34.6 Å². The number of aryl methyl sites for hydroxylation is 1. The number of hydrogen-bond donors (Lipinski definition) is 1. The summed E-state index contributed by atoms with van der Waals surface area (Å²) >= 11 is 0. The largest absolute Gasteiger partial charge is 0.337 e. The van der Waals surface area contributed by atoms with E-state index in [1.807, 2.05) is 53.0 Å². The smallest absolute Gasteiger partial charge is 0.275 e. The molecule has 0 bridgehead atoms. The molecule has 8 nitrogen and oxygen atoms in total. The topological polar surface area (TPSA) is 92.6 Å². The number of aromatic nitrogens is 6. The molecule has 1 aromatic carbocycles. The van der Waals surface area contributed by atoms with E-state index in [-0.39, 0.29) is 5.91 Å². The van der Waals surface area contributed by atoms with Crippen LogP contribution in [0.25, 0.3) is 22.4 Å². The van der Waals surface area contributed by atoms with Crippen molar-refractivity contribution in [3.63, 3.8) is 0 Å². The number of H-pyrrole nitrogens is 1. The van der Waals surface area contributed by atoms with E-state index in [1.165, 1.54) is 0 Å². The van der Waals surface area contributed by atoms with Gasteiger partial charge in [-0.1, -0.05) is 18.2 Å². The monoisotopic (exact) mass is 401 g/mol. The highest BCUT2D eigenvalue weighted by Crippen LogP contribution is 2.24. The number of amides is 1. The van der Waals surface area contributed by atoms with Gasteiger partial charge in [-0.3, -0.25) is 9.89 Å². The molecule has 1 atom stereocenters. The first-order valence-corrected chi connectivity index (χ1v) is 10.2. The summed E-state index contributed by atoms with van der Waals surface area (Å²) < 4.78 is 1.95. The average Bonchev–Trinajstić information content (AvgIpc) is 3.40. The Morgan fingerprint density at radius 2 is 2.13 bits per heavy atom. The van der Waals surface area contributed by atoms with Crippen LogP contribution in [0.4, 0.5) is 0 Å². The van der Waals surface area contributed by atoms with Gasteiger partial charge in [-0.05, 0) is 37.3 Å². The van der Waals surface area contributed by atoms with Crippen molar-refractivity contribution in [2.45, 2.75) is 19.3 Å². The van der Waals surface area contributed by atoms with E-state index in [0.717, 1.165) is 53.9 Å². The number of nitrogens with zero attached hydrogens (tertiary/aromatic N) is 6. The molecule has 0 aliphatic carbocycles. The van der Waals surface area contributed by atoms with Crippen molar-refractivity contribution in [3.8, 4) is 11.5 Å². The van der Waals surface area contributed by atoms with Crippen molar-refractivity contribution < 1.29 is 4.79 Å². The standard InChI is InChI=1S/C22H23N7O/c1-28-10-8-23-21(28)19-12-16(24-14-25-19)11-15-5-4-9-29(13-15)22(30)20-17-6-2-3-7-18(17)26-27-20/h2-3,6-8,10,12,14-15H,4-5,9,11,13H2,1H3,(H,26,27). The lowest BCUT2D eigenvalue weighted by Gasteiger charge is -2.32. The van der Waals surface area contributed by atoms with Gasteiger partial charge in [-0.25, -0.2) is 15.0 Å². The Kier molecular flexibility index (Phi) is 4.74. The maximum Gasteiger partial charge on any atom is 0.275 e. The summed E-state index contributed by atoms with van der Waals surface area (Å²) in [4.78, 5) is 28.3. The fraction of sp³-hybridized carbons (Fsp3) is 0.318. The van der Waals surface area contributed by atoms with Crippen molar-refractivity contribution >= 4 is 16.8 Å². The van der Waals surface area contributed by atoms with Crippen LogP contribution in [0.1, 0.15) is 29.0 Å². The average molecular weight is 401 g/mol. The van der Waals surface area contributed by atoms with Crippen molar-refractivity contribution in [2.75, 3.05) is 13.1 Å². The number of carbonyl (C=O) groups excluding carboxylic acids is 1. The number of imidazole rings is 1. The molecule has 4 aromatic rings. The van der Waals surface area contributed by atoms with Crippen LogP contribution < -0.4 is 0 Å². The van der Waals surface area contributed by atoms with E-state index in [2.05, 4.69) is 25.1 Å². The third-order valence-electron chi connectivity index (χ3n) is 5.75. The Hall–Kier alpha value is -3.55. The molecule has 0 spiro atoms. The van der Waals surface area contributed by atoms with Crippen LogP contribution in [0.5, 0.6) is 0 Å². The number of carbonyl (C=O) groups is 1. The lowest BCUT2D eigenvalue weighted by Crippen LogP contribution is -2.40. The normalized spacial score (nSPS) is 16.8. The molecule has 152 valence electrons. The van der Waals surface area contributed by atoms with E-state index in [0.29, 0.717) is 18.2 Å². The fourth-order valence-electron chi connectivity index (χ4n) is 4.23. The van der Waals surface area contributed by atoms with Crippen LogP contribution in [-0.2, 0) is 13.5 Å². The first-order chi connectivity index (χ1) is 14.7. The summed E-state index contributed by atoms with van der Waals surface area (Å²) in [5, 5.41) is 8.12. The van der Waals surface area contributed by atoms with Gasteiger partial charge in [-0.15, -0.1) is 0 Å². The van der Waals surface area contributed by atoms with Crippen molar-refractivity contribution in [2.24, 2.45) is 13.0 Å². The first-order valence-electron chi connectivity index (χ1n) is 10.2. The summed E-state index contributed by atoms with van der Waals surface area (Å²) in [5.74, 6) is 1.18. The molecule has 3 aromatic heterocycles. The molecular formula is C22H23N7O. The van der Waals surface area contributed by atoms with E-state index in [1.54, 1.807) is 12.5 Å². The summed E-state index contributed by atoms with van der Waals surface area (Å²) in [7, 11) is 1.95. The molecule has 0 radical (unpaired) electrons. The number of benzene rings is 1. The number of piperidine rings is 1. The SMILES string of the molecule is Cn1ccnc1-c1cc(CC2CCCN(C(=O)c3n[nH]c4ccccc34)C2)ncn1. The molecule has 5 rings (SSSR count). The van der Waals surface area contributed by atoms with Gasteiger partial charge in [0.15, 0.2) is 11.5 Å². The second-order valence-electron chi connectivity index (χ2n) is 7.84. The van der Waals surface area contributed by atoms with E-state index in [9.17, 15) is 4.79 Å². The van der Waals surface area contributed by atoms with Crippen molar-refractivity contribution in [1.29, 1.82) is 0 Å². The second-order valence-corrected chi connectivity index (χ2v) is 7.84. The predicted molar refractivity (Wildman–Crippen MR) is 113 cm³/mol. The number of aromatic amines is 1. The maximum atomic E-state index is 13.1. The fourth-order valence-corrected chi connectivity index (χ4v) is 4.23. The summed E-state index contributed by atoms with van der Waals surface area (Å²) in [6, 6.07) is 9.75. The Morgan fingerprint density at radius 1 is 1.23 bits per heavy atom. The molecule has 1 aliphatic heterocycles. The molecule has 0 saturated carbocycles. The van der Waals surface area contributed by atoms with Crippen LogP contribution >= 0.6 is 0 Å². The van der Waals surface area contributed by atoms with Gasteiger partial charge in [0.05, 0.1) is 5.52 Å².